The molecule has 2 aliphatic rings. The molecule has 0 aromatic carbocycles. The van der Waals surface area contributed by atoms with Crippen molar-refractivity contribution < 1.29 is 4.74 Å². The minimum atomic E-state index is 0.642. The van der Waals surface area contributed by atoms with Crippen molar-refractivity contribution in [1.29, 1.82) is 0 Å². The van der Waals surface area contributed by atoms with E-state index in [4.69, 9.17) is 4.74 Å². The summed E-state index contributed by atoms with van der Waals surface area (Å²) in [5, 5.41) is 0. The predicted octanol–water partition coefficient (Wildman–Crippen LogP) is 2.00. The SMILES string of the molecule is CC1CN(c2cncc(Br)c2)CC1N1CCOCC1. The molecule has 0 amide bonds. The molecule has 5 heteroatoms. The number of anilines is 1. The van der Waals surface area contributed by atoms with Crippen LogP contribution in [-0.4, -0.2) is 55.3 Å². The van der Waals surface area contributed by atoms with Crippen LogP contribution < -0.4 is 4.90 Å². The van der Waals surface area contributed by atoms with E-state index < -0.39 is 0 Å². The maximum Gasteiger partial charge on any atom is 0.0594 e. The Hall–Kier alpha value is -0.650. The van der Waals surface area contributed by atoms with Gasteiger partial charge in [0.25, 0.3) is 0 Å². The largest absolute Gasteiger partial charge is 0.379 e. The summed E-state index contributed by atoms with van der Waals surface area (Å²) in [4.78, 5) is 9.30. The summed E-state index contributed by atoms with van der Waals surface area (Å²) in [5.41, 5.74) is 1.22. The van der Waals surface area contributed by atoms with Crippen molar-refractivity contribution in [2.45, 2.75) is 13.0 Å². The second-order valence-electron chi connectivity index (χ2n) is 5.46. The molecule has 0 N–H and O–H groups in total. The molecule has 1 aromatic heterocycles. The van der Waals surface area contributed by atoms with Gasteiger partial charge in [0.2, 0.25) is 0 Å². The Bertz CT molecular complexity index is 436. The number of ether oxygens (including phenoxy) is 1. The van der Waals surface area contributed by atoms with Crippen LogP contribution in [-0.2, 0) is 4.74 Å². The summed E-state index contributed by atoms with van der Waals surface area (Å²) < 4.78 is 6.50. The third kappa shape index (κ3) is 2.93. The normalized spacial score (nSPS) is 28.8. The van der Waals surface area contributed by atoms with E-state index in [-0.39, 0.29) is 0 Å². The Morgan fingerprint density at radius 3 is 2.79 bits per heavy atom. The number of hydrogen-bond acceptors (Lipinski definition) is 4. The standard InChI is InChI=1S/C14H20BrN3O/c1-11-9-18(13-6-12(15)7-16-8-13)10-14(11)17-2-4-19-5-3-17/h6-8,11,14H,2-5,9-10H2,1H3. The van der Waals surface area contributed by atoms with Crippen molar-refractivity contribution in [2.24, 2.45) is 5.92 Å². The van der Waals surface area contributed by atoms with Crippen molar-refractivity contribution >= 4 is 21.6 Å². The topological polar surface area (TPSA) is 28.6 Å². The molecule has 2 saturated heterocycles. The lowest BCUT2D eigenvalue weighted by molar-refractivity contribution is 0.0134. The molecule has 2 fully saturated rings. The Labute approximate surface area is 122 Å². The average molecular weight is 326 g/mol. The van der Waals surface area contributed by atoms with Crippen molar-refractivity contribution in [3.63, 3.8) is 0 Å². The van der Waals surface area contributed by atoms with Crippen molar-refractivity contribution in [3.8, 4) is 0 Å². The van der Waals surface area contributed by atoms with Gasteiger partial charge < -0.3 is 9.64 Å². The molecule has 3 heterocycles. The molecule has 0 saturated carbocycles. The molecule has 3 rings (SSSR count). The third-order valence-electron chi connectivity index (χ3n) is 4.14. The van der Waals surface area contributed by atoms with E-state index in [9.17, 15) is 0 Å². The Morgan fingerprint density at radius 2 is 2.05 bits per heavy atom. The number of halogens is 1. The van der Waals surface area contributed by atoms with Gasteiger partial charge in [0, 0.05) is 42.9 Å². The summed E-state index contributed by atoms with van der Waals surface area (Å²) in [6, 6.07) is 2.80. The quantitative estimate of drug-likeness (QED) is 0.831. The van der Waals surface area contributed by atoms with Gasteiger partial charge in [0.1, 0.15) is 0 Å². The van der Waals surface area contributed by atoms with Crippen molar-refractivity contribution in [2.75, 3.05) is 44.3 Å². The van der Waals surface area contributed by atoms with Gasteiger partial charge >= 0.3 is 0 Å². The first-order valence-electron chi connectivity index (χ1n) is 6.91. The Balaban J connectivity index is 1.70. The summed E-state index contributed by atoms with van der Waals surface area (Å²) >= 11 is 3.50. The maximum absolute atomic E-state index is 5.45. The highest BCUT2D eigenvalue weighted by Gasteiger charge is 2.34. The number of nitrogens with zero attached hydrogens (tertiary/aromatic N) is 3. The van der Waals surface area contributed by atoms with Gasteiger partial charge in [-0.05, 0) is 27.9 Å². The summed E-state index contributed by atoms with van der Waals surface area (Å²) in [6.45, 7) is 8.45. The van der Waals surface area contributed by atoms with Gasteiger partial charge in [-0.3, -0.25) is 9.88 Å². The molecule has 104 valence electrons. The highest BCUT2D eigenvalue weighted by atomic mass is 79.9. The van der Waals surface area contributed by atoms with E-state index in [0.717, 1.165) is 43.9 Å². The highest BCUT2D eigenvalue weighted by molar-refractivity contribution is 9.10. The fraction of sp³-hybridized carbons (Fsp3) is 0.643. The van der Waals surface area contributed by atoms with E-state index in [0.29, 0.717) is 12.0 Å². The second-order valence-corrected chi connectivity index (χ2v) is 6.37. The maximum atomic E-state index is 5.45. The molecule has 2 atom stereocenters. The van der Waals surface area contributed by atoms with Crippen LogP contribution in [0.4, 0.5) is 5.69 Å². The molecular formula is C14H20BrN3O. The zero-order valence-corrected chi connectivity index (χ0v) is 12.8. The van der Waals surface area contributed by atoms with Crippen molar-refractivity contribution in [1.82, 2.24) is 9.88 Å². The van der Waals surface area contributed by atoms with Crippen molar-refractivity contribution in [3.05, 3.63) is 22.9 Å². The number of aromatic nitrogens is 1. The molecule has 0 aliphatic carbocycles. The van der Waals surface area contributed by atoms with Gasteiger partial charge in [-0.2, -0.15) is 0 Å². The highest BCUT2D eigenvalue weighted by Crippen LogP contribution is 2.28. The summed E-state index contributed by atoms with van der Waals surface area (Å²) in [5.74, 6) is 0.692. The molecule has 0 bridgehead atoms. The molecule has 0 radical (unpaired) electrons. The fourth-order valence-electron chi connectivity index (χ4n) is 3.12. The van der Waals surface area contributed by atoms with Gasteiger partial charge in [-0.25, -0.2) is 0 Å². The number of rotatable bonds is 2. The number of pyridine rings is 1. The van der Waals surface area contributed by atoms with E-state index in [2.05, 4.69) is 43.7 Å². The van der Waals surface area contributed by atoms with Gasteiger partial charge in [0.15, 0.2) is 0 Å². The molecule has 2 unspecified atom stereocenters. The van der Waals surface area contributed by atoms with Crippen LogP contribution in [0.5, 0.6) is 0 Å². The second kappa shape index (κ2) is 5.77. The molecule has 19 heavy (non-hydrogen) atoms. The van der Waals surface area contributed by atoms with Crippen LogP contribution in [0.1, 0.15) is 6.92 Å². The van der Waals surface area contributed by atoms with Gasteiger partial charge in [-0.1, -0.05) is 6.92 Å². The van der Waals surface area contributed by atoms with Crippen LogP contribution in [0, 0.1) is 5.92 Å². The lowest BCUT2D eigenvalue weighted by Crippen LogP contribution is -2.46. The van der Waals surface area contributed by atoms with Crippen LogP contribution in [0.3, 0.4) is 0 Å². The minimum Gasteiger partial charge on any atom is -0.379 e. The summed E-state index contributed by atoms with van der Waals surface area (Å²) in [7, 11) is 0. The van der Waals surface area contributed by atoms with E-state index in [1.165, 1.54) is 5.69 Å². The average Bonchev–Trinajstić information content (AvgIpc) is 2.82. The van der Waals surface area contributed by atoms with E-state index >= 15 is 0 Å². The van der Waals surface area contributed by atoms with Crippen LogP contribution in [0.15, 0.2) is 22.9 Å². The first kappa shape index (κ1) is 13.3. The Kier molecular flexibility index (Phi) is 4.05. The molecule has 4 nitrogen and oxygen atoms in total. The molecular weight excluding hydrogens is 306 g/mol. The predicted molar refractivity (Wildman–Crippen MR) is 79.5 cm³/mol. The van der Waals surface area contributed by atoms with Crippen LogP contribution in [0.2, 0.25) is 0 Å². The Morgan fingerprint density at radius 1 is 1.26 bits per heavy atom. The monoisotopic (exact) mass is 325 g/mol. The summed E-state index contributed by atoms with van der Waals surface area (Å²) in [6.07, 6.45) is 3.79. The lowest BCUT2D eigenvalue weighted by atomic mass is 10.0. The van der Waals surface area contributed by atoms with Gasteiger partial charge in [0.05, 0.1) is 25.1 Å². The molecule has 1 aromatic rings. The smallest absolute Gasteiger partial charge is 0.0594 e. The minimum absolute atomic E-state index is 0.642. The van der Waals surface area contributed by atoms with Crippen LogP contribution >= 0.6 is 15.9 Å². The molecule has 2 aliphatic heterocycles. The number of hydrogen-bond donors (Lipinski definition) is 0. The first-order chi connectivity index (χ1) is 9.24. The number of morpholine rings is 1. The zero-order chi connectivity index (χ0) is 13.2. The third-order valence-corrected chi connectivity index (χ3v) is 4.58. The van der Waals surface area contributed by atoms with E-state index in [1.807, 2.05) is 12.4 Å². The molecule has 0 spiro atoms. The van der Waals surface area contributed by atoms with Crippen LogP contribution in [0.25, 0.3) is 0 Å². The lowest BCUT2D eigenvalue weighted by Gasteiger charge is -2.34. The first-order valence-corrected chi connectivity index (χ1v) is 7.70. The zero-order valence-electron chi connectivity index (χ0n) is 11.3. The fourth-order valence-corrected chi connectivity index (χ4v) is 3.47. The van der Waals surface area contributed by atoms with E-state index in [1.54, 1.807) is 0 Å². The van der Waals surface area contributed by atoms with Gasteiger partial charge in [-0.15, -0.1) is 0 Å².